The fourth-order valence-electron chi connectivity index (χ4n) is 3.14. The number of carbonyl (C=O) groups is 1. The summed E-state index contributed by atoms with van der Waals surface area (Å²) in [7, 11) is -0.225. The highest BCUT2D eigenvalue weighted by Crippen LogP contribution is 2.32. The Morgan fingerprint density at radius 2 is 1.97 bits per heavy atom. The number of sulfonamides is 1. The van der Waals surface area contributed by atoms with Crippen LogP contribution >= 0.6 is 0 Å². The van der Waals surface area contributed by atoms with E-state index in [0.717, 1.165) is 11.4 Å². The van der Waals surface area contributed by atoms with Crippen LogP contribution in [0.15, 0.2) is 36.7 Å². The first-order valence-corrected chi connectivity index (χ1v) is 10.9. The summed E-state index contributed by atoms with van der Waals surface area (Å²) in [6.45, 7) is 0.818. The van der Waals surface area contributed by atoms with Crippen LogP contribution < -0.4 is 4.74 Å². The number of benzene rings is 1. The summed E-state index contributed by atoms with van der Waals surface area (Å²) in [5.74, 6) is 1.32. The highest BCUT2D eigenvalue weighted by atomic mass is 32.2. The molecule has 2 N–H and O–H groups in total. The van der Waals surface area contributed by atoms with Gasteiger partial charge in [0, 0.05) is 38.0 Å². The van der Waals surface area contributed by atoms with Gasteiger partial charge in [0.1, 0.15) is 18.2 Å². The van der Waals surface area contributed by atoms with Gasteiger partial charge in [0.05, 0.1) is 31.6 Å². The zero-order valence-electron chi connectivity index (χ0n) is 16.9. The van der Waals surface area contributed by atoms with Crippen molar-refractivity contribution in [3.05, 3.63) is 36.7 Å². The number of ether oxygens (including phenoxy) is 2. The number of hydrogen-bond donors (Lipinski definition) is 2. The molecule has 30 heavy (non-hydrogen) atoms. The number of aromatic nitrogens is 2. The predicted molar refractivity (Wildman–Crippen MR) is 110 cm³/mol. The molecule has 0 spiro atoms. The van der Waals surface area contributed by atoms with E-state index in [1.807, 2.05) is 35.0 Å². The van der Waals surface area contributed by atoms with Crippen molar-refractivity contribution in [2.24, 2.45) is 5.92 Å². The van der Waals surface area contributed by atoms with Gasteiger partial charge in [-0.3, -0.25) is 4.79 Å². The average molecular weight is 442 g/mol. The molecule has 1 aliphatic rings. The fraction of sp³-hybridized carbons (Fsp3) is 0.474. The highest BCUT2D eigenvalue weighted by molar-refractivity contribution is 7.89. The van der Waals surface area contributed by atoms with Crippen LogP contribution in [0.3, 0.4) is 0 Å². The molecule has 2 heterocycles. The van der Waals surface area contributed by atoms with Gasteiger partial charge in [0.15, 0.2) is 0 Å². The zero-order valence-corrected chi connectivity index (χ0v) is 17.7. The quantitative estimate of drug-likeness (QED) is 0.573. The van der Waals surface area contributed by atoms with Crippen LogP contribution in [0.1, 0.15) is 6.04 Å². The summed E-state index contributed by atoms with van der Waals surface area (Å²) in [5.41, 5.74) is 0.900. The van der Waals surface area contributed by atoms with Crippen molar-refractivity contribution in [3.8, 4) is 17.1 Å². The maximum Gasteiger partial charge on any atom is 0.290 e. The molecule has 0 bridgehead atoms. The molecule has 2 aromatic rings. The van der Waals surface area contributed by atoms with Crippen LogP contribution in [0.4, 0.5) is 0 Å². The highest BCUT2D eigenvalue weighted by Gasteiger charge is 2.35. The minimum Gasteiger partial charge on any atom is -0.491 e. The fourth-order valence-corrected chi connectivity index (χ4v) is 4.30. The molecule has 0 radical (unpaired) electrons. The Hall–Kier alpha value is -2.47. The topological polar surface area (TPSA) is 131 Å². The standard InChI is InChI=1S/C18H25N3O5S.CH2O2/c1-20(2)27(23,24)13-15-11-25-12-17(15)21-8-7-19-18(21)14-3-5-16(6-4-14)26-10-9-22;2-1-3/h3-8,15,17,22H,9-13H2,1-2H3;1H,(H,2,3)/t15-,17-;/m1./s1. The maximum atomic E-state index is 12.3. The number of aliphatic hydroxyl groups excluding tert-OH is 1. The lowest BCUT2D eigenvalue weighted by Crippen LogP contribution is -2.32. The number of aliphatic hydroxyl groups is 1. The minimum atomic E-state index is -3.31. The van der Waals surface area contributed by atoms with Gasteiger partial charge in [-0.1, -0.05) is 0 Å². The Bertz CT molecular complexity index is 897. The van der Waals surface area contributed by atoms with Crippen LogP contribution in [-0.4, -0.2) is 85.2 Å². The average Bonchev–Trinajstić information content (AvgIpc) is 3.36. The van der Waals surface area contributed by atoms with E-state index in [1.165, 1.54) is 4.31 Å². The summed E-state index contributed by atoms with van der Waals surface area (Å²) < 4.78 is 38.8. The van der Waals surface area contributed by atoms with E-state index in [9.17, 15) is 8.42 Å². The largest absolute Gasteiger partial charge is 0.491 e. The molecule has 166 valence electrons. The molecule has 1 fully saturated rings. The third-order valence-corrected chi connectivity index (χ3v) is 6.61. The first-order chi connectivity index (χ1) is 14.3. The second-order valence-electron chi connectivity index (χ2n) is 6.79. The van der Waals surface area contributed by atoms with Gasteiger partial charge in [-0.05, 0) is 24.3 Å². The molecule has 3 rings (SSSR count). The normalized spacial score (nSPS) is 18.7. The predicted octanol–water partition coefficient (Wildman–Crippen LogP) is 0.701. The molecule has 0 unspecified atom stereocenters. The lowest BCUT2D eigenvalue weighted by atomic mass is 10.1. The lowest BCUT2D eigenvalue weighted by molar-refractivity contribution is -0.122. The number of hydrogen-bond acceptors (Lipinski definition) is 7. The van der Waals surface area contributed by atoms with Gasteiger partial charge in [0.25, 0.3) is 6.47 Å². The van der Waals surface area contributed by atoms with E-state index in [1.54, 1.807) is 20.3 Å². The molecule has 10 nitrogen and oxygen atoms in total. The Labute approximate surface area is 175 Å². The first-order valence-electron chi connectivity index (χ1n) is 9.26. The van der Waals surface area contributed by atoms with Crippen LogP contribution in [0.25, 0.3) is 11.4 Å². The molecular weight excluding hydrogens is 414 g/mol. The first kappa shape index (κ1) is 23.8. The Morgan fingerprint density at radius 1 is 1.30 bits per heavy atom. The molecule has 1 aromatic carbocycles. The second-order valence-corrected chi connectivity index (χ2v) is 9.01. The lowest BCUT2D eigenvalue weighted by Gasteiger charge is -2.22. The molecule has 11 heteroatoms. The molecule has 1 aromatic heterocycles. The van der Waals surface area contributed by atoms with Crippen LogP contribution in [0.5, 0.6) is 5.75 Å². The monoisotopic (exact) mass is 441 g/mol. The van der Waals surface area contributed by atoms with Crippen LogP contribution in [0, 0.1) is 5.92 Å². The van der Waals surface area contributed by atoms with E-state index in [2.05, 4.69) is 4.98 Å². The van der Waals surface area contributed by atoms with E-state index in [4.69, 9.17) is 24.5 Å². The third-order valence-electron chi connectivity index (χ3n) is 4.64. The molecule has 1 saturated heterocycles. The molecule has 1 aliphatic heterocycles. The van der Waals surface area contributed by atoms with E-state index in [0.29, 0.717) is 19.0 Å². The van der Waals surface area contributed by atoms with Crippen molar-refractivity contribution < 1.29 is 32.9 Å². The van der Waals surface area contributed by atoms with Crippen molar-refractivity contribution in [2.45, 2.75) is 6.04 Å². The Morgan fingerprint density at radius 3 is 2.57 bits per heavy atom. The van der Waals surface area contributed by atoms with Crippen LogP contribution in [-0.2, 0) is 19.6 Å². The van der Waals surface area contributed by atoms with Gasteiger partial charge in [-0.25, -0.2) is 17.7 Å². The molecule has 0 amide bonds. The van der Waals surface area contributed by atoms with Gasteiger partial charge >= 0.3 is 0 Å². The van der Waals surface area contributed by atoms with Gasteiger partial charge in [0.2, 0.25) is 10.0 Å². The summed E-state index contributed by atoms with van der Waals surface area (Å²) in [6, 6.07) is 7.34. The Kier molecular flexibility index (Phi) is 8.78. The van der Waals surface area contributed by atoms with Gasteiger partial charge in [-0.2, -0.15) is 0 Å². The molecule has 0 aliphatic carbocycles. The number of nitrogens with zero attached hydrogens (tertiary/aromatic N) is 3. The van der Waals surface area contributed by atoms with Crippen molar-refractivity contribution in [1.29, 1.82) is 0 Å². The second kappa shape index (κ2) is 11.1. The van der Waals surface area contributed by atoms with Gasteiger partial charge < -0.3 is 24.3 Å². The van der Waals surface area contributed by atoms with Crippen molar-refractivity contribution in [3.63, 3.8) is 0 Å². The minimum absolute atomic E-state index is 0.0366. The Balaban J connectivity index is 0.00000101. The van der Waals surface area contributed by atoms with Crippen molar-refractivity contribution >= 4 is 16.5 Å². The summed E-state index contributed by atoms with van der Waals surface area (Å²) >= 11 is 0. The molecule has 0 saturated carbocycles. The third kappa shape index (κ3) is 6.02. The summed E-state index contributed by atoms with van der Waals surface area (Å²) in [6.07, 6.45) is 3.57. The van der Waals surface area contributed by atoms with Crippen molar-refractivity contribution in [1.82, 2.24) is 13.9 Å². The summed E-state index contributed by atoms with van der Waals surface area (Å²) in [5, 5.41) is 15.7. The maximum absolute atomic E-state index is 12.3. The smallest absolute Gasteiger partial charge is 0.290 e. The van der Waals surface area contributed by atoms with Gasteiger partial charge in [-0.15, -0.1) is 0 Å². The molecule has 2 atom stereocenters. The summed E-state index contributed by atoms with van der Waals surface area (Å²) in [4.78, 5) is 12.8. The molecular formula is C19H27N3O7S. The van der Waals surface area contributed by atoms with E-state index < -0.39 is 10.0 Å². The number of carboxylic acid groups (broad SMARTS) is 1. The van der Waals surface area contributed by atoms with E-state index >= 15 is 0 Å². The number of imidazole rings is 1. The van der Waals surface area contributed by atoms with Crippen LogP contribution in [0.2, 0.25) is 0 Å². The zero-order chi connectivity index (χ0) is 22.1. The van der Waals surface area contributed by atoms with Crippen molar-refractivity contribution in [2.75, 3.05) is 46.3 Å². The van der Waals surface area contributed by atoms with E-state index in [-0.39, 0.29) is 37.4 Å². The number of rotatable bonds is 8. The SMILES string of the molecule is CN(C)S(=O)(=O)C[C@H]1COC[C@H]1n1ccnc1-c1ccc(OCCO)cc1.O=CO.